The monoisotopic (exact) mass is 484 g/mol. The first kappa shape index (κ1) is 25.6. The third kappa shape index (κ3) is 7.28. The van der Waals surface area contributed by atoms with Gasteiger partial charge in [0.05, 0.1) is 6.17 Å². The lowest BCUT2D eigenvalue weighted by Gasteiger charge is -2.30. The Morgan fingerprint density at radius 2 is 1.53 bits per heavy atom. The van der Waals surface area contributed by atoms with Crippen molar-refractivity contribution in [1.29, 1.82) is 0 Å². The van der Waals surface area contributed by atoms with Gasteiger partial charge in [0.25, 0.3) is 0 Å². The van der Waals surface area contributed by atoms with Crippen LogP contribution < -0.4 is 10.6 Å². The highest BCUT2D eigenvalue weighted by molar-refractivity contribution is 5.84. The van der Waals surface area contributed by atoms with Gasteiger partial charge in [-0.05, 0) is 42.6 Å². The number of fused-ring (bicyclic) bond motifs is 1. The van der Waals surface area contributed by atoms with Crippen molar-refractivity contribution < 1.29 is 9.90 Å². The molecule has 0 amide bonds. The van der Waals surface area contributed by atoms with Crippen molar-refractivity contribution in [3.63, 3.8) is 0 Å². The molecule has 36 heavy (non-hydrogen) atoms. The molecule has 0 saturated heterocycles. The first-order chi connectivity index (χ1) is 17.6. The Hall–Kier alpha value is -3.45. The molecule has 4 aromatic rings. The van der Waals surface area contributed by atoms with Crippen LogP contribution in [0.4, 0.5) is 0 Å². The smallest absolute Gasteiger partial charge is 0.321 e. The number of aromatic amines is 1. The summed E-state index contributed by atoms with van der Waals surface area (Å²) in [5, 5.41) is 17.8. The first-order valence-electron chi connectivity index (χ1n) is 12.6. The molecule has 4 rings (SSSR count). The van der Waals surface area contributed by atoms with E-state index in [1.807, 2.05) is 42.6 Å². The summed E-state index contributed by atoms with van der Waals surface area (Å²) in [4.78, 5) is 17.5. The van der Waals surface area contributed by atoms with E-state index in [4.69, 9.17) is 0 Å². The molecule has 0 bridgehead atoms. The Morgan fingerprint density at radius 3 is 2.25 bits per heavy atom. The summed E-state index contributed by atoms with van der Waals surface area (Å²) >= 11 is 0. The molecular formula is C30H36N4O2. The molecule has 1 aromatic heterocycles. The molecule has 0 fully saturated rings. The molecule has 1 heterocycles. The maximum atomic E-state index is 12.0. The number of aryl methyl sites for hydroxylation is 1. The predicted molar refractivity (Wildman–Crippen MR) is 146 cm³/mol. The number of carbonyl (C=O) groups is 1. The minimum atomic E-state index is -0.831. The van der Waals surface area contributed by atoms with Crippen molar-refractivity contribution in [2.24, 2.45) is 0 Å². The summed E-state index contributed by atoms with van der Waals surface area (Å²) in [6.45, 7) is 2.09. The Bertz CT molecular complexity index is 1210. The fraction of sp³-hybridized carbons (Fsp3) is 0.300. The van der Waals surface area contributed by atoms with Crippen LogP contribution in [0.1, 0.15) is 23.1 Å². The van der Waals surface area contributed by atoms with E-state index in [-0.39, 0.29) is 6.17 Å². The van der Waals surface area contributed by atoms with Gasteiger partial charge in [0.2, 0.25) is 0 Å². The van der Waals surface area contributed by atoms with Crippen LogP contribution in [-0.4, -0.2) is 53.3 Å². The summed E-state index contributed by atoms with van der Waals surface area (Å²) in [5.41, 5.74) is 4.64. The number of rotatable bonds is 14. The van der Waals surface area contributed by atoms with E-state index in [9.17, 15) is 9.90 Å². The molecule has 0 aliphatic rings. The fourth-order valence-corrected chi connectivity index (χ4v) is 4.66. The second-order valence-corrected chi connectivity index (χ2v) is 9.30. The van der Waals surface area contributed by atoms with Gasteiger partial charge >= 0.3 is 5.97 Å². The third-order valence-corrected chi connectivity index (χ3v) is 6.65. The normalized spacial score (nSPS) is 13.2. The Labute approximate surface area is 213 Å². The first-order valence-corrected chi connectivity index (χ1v) is 12.6. The molecule has 0 radical (unpaired) electrons. The highest BCUT2D eigenvalue weighted by Crippen LogP contribution is 2.19. The lowest BCUT2D eigenvalue weighted by Crippen LogP contribution is -2.48. The molecule has 0 saturated carbocycles. The number of carboxylic acid groups (broad SMARTS) is 1. The fourth-order valence-electron chi connectivity index (χ4n) is 4.66. The van der Waals surface area contributed by atoms with Crippen molar-refractivity contribution in [1.82, 2.24) is 20.5 Å². The molecular weight excluding hydrogens is 448 g/mol. The van der Waals surface area contributed by atoms with Crippen LogP contribution in [0.2, 0.25) is 0 Å². The van der Waals surface area contributed by atoms with Gasteiger partial charge in [0.15, 0.2) is 0 Å². The number of benzene rings is 3. The Balaban J connectivity index is 1.33. The summed E-state index contributed by atoms with van der Waals surface area (Å²) in [5.74, 6) is -0.831. The minimum absolute atomic E-state index is 0.170. The lowest BCUT2D eigenvalue weighted by molar-refractivity contribution is -0.139. The number of aromatic nitrogens is 1. The zero-order valence-corrected chi connectivity index (χ0v) is 20.9. The SMILES string of the molecule is CN(Cc1ccccc1)[C@@H](CCc1ccccc1)NCCN[C@@H](Cc1c[nH]c2ccccc12)C(=O)O. The number of para-hydroxylation sites is 1. The van der Waals surface area contributed by atoms with Crippen molar-refractivity contribution in [3.05, 3.63) is 108 Å². The highest BCUT2D eigenvalue weighted by Gasteiger charge is 2.20. The topological polar surface area (TPSA) is 80.4 Å². The maximum absolute atomic E-state index is 12.0. The van der Waals surface area contributed by atoms with E-state index < -0.39 is 12.0 Å². The van der Waals surface area contributed by atoms with Crippen LogP contribution in [0.5, 0.6) is 0 Å². The summed E-state index contributed by atoms with van der Waals surface area (Å²) in [6.07, 6.45) is 4.46. The summed E-state index contributed by atoms with van der Waals surface area (Å²) < 4.78 is 0. The maximum Gasteiger partial charge on any atom is 0.321 e. The van der Waals surface area contributed by atoms with Gasteiger partial charge in [-0.3, -0.25) is 9.69 Å². The van der Waals surface area contributed by atoms with Gasteiger partial charge < -0.3 is 20.7 Å². The molecule has 2 atom stereocenters. The van der Waals surface area contributed by atoms with Crippen LogP contribution in [0.15, 0.2) is 91.1 Å². The molecule has 3 aromatic carbocycles. The second-order valence-electron chi connectivity index (χ2n) is 9.30. The van der Waals surface area contributed by atoms with Crippen molar-refractivity contribution in [2.45, 2.75) is 38.0 Å². The average molecular weight is 485 g/mol. The van der Waals surface area contributed by atoms with Gasteiger partial charge in [-0.25, -0.2) is 0 Å². The van der Waals surface area contributed by atoms with E-state index in [0.29, 0.717) is 19.5 Å². The molecule has 4 N–H and O–H groups in total. The summed E-state index contributed by atoms with van der Waals surface area (Å²) in [7, 11) is 2.14. The van der Waals surface area contributed by atoms with Gasteiger partial charge in [0, 0.05) is 43.2 Å². The van der Waals surface area contributed by atoms with Gasteiger partial charge in [0.1, 0.15) is 6.04 Å². The zero-order valence-electron chi connectivity index (χ0n) is 20.9. The van der Waals surface area contributed by atoms with Crippen molar-refractivity contribution in [2.75, 3.05) is 20.1 Å². The van der Waals surface area contributed by atoms with Crippen LogP contribution in [-0.2, 0) is 24.2 Å². The van der Waals surface area contributed by atoms with Crippen LogP contribution >= 0.6 is 0 Å². The second kappa shape index (κ2) is 13.0. The molecule has 0 aliphatic heterocycles. The number of hydrogen-bond acceptors (Lipinski definition) is 4. The van der Waals surface area contributed by atoms with Crippen LogP contribution in [0, 0.1) is 0 Å². The largest absolute Gasteiger partial charge is 0.480 e. The van der Waals surface area contributed by atoms with E-state index >= 15 is 0 Å². The number of aliphatic carboxylic acids is 1. The average Bonchev–Trinajstić information content (AvgIpc) is 3.31. The van der Waals surface area contributed by atoms with E-state index in [1.165, 1.54) is 11.1 Å². The number of H-pyrrole nitrogens is 1. The van der Waals surface area contributed by atoms with E-state index in [1.54, 1.807) is 0 Å². The predicted octanol–water partition coefficient (Wildman–Crippen LogP) is 4.43. The third-order valence-electron chi connectivity index (χ3n) is 6.65. The molecule has 0 unspecified atom stereocenters. The molecule has 0 aliphatic carbocycles. The number of nitrogens with one attached hydrogen (secondary N) is 3. The Kier molecular flexibility index (Phi) is 9.27. The van der Waals surface area contributed by atoms with E-state index in [0.717, 1.165) is 35.9 Å². The number of nitrogens with zero attached hydrogens (tertiary/aromatic N) is 1. The molecule has 0 spiro atoms. The summed E-state index contributed by atoms with van der Waals surface area (Å²) in [6, 6.07) is 28.3. The van der Waals surface area contributed by atoms with Crippen molar-refractivity contribution >= 4 is 16.9 Å². The van der Waals surface area contributed by atoms with Crippen molar-refractivity contribution in [3.8, 4) is 0 Å². The highest BCUT2D eigenvalue weighted by atomic mass is 16.4. The minimum Gasteiger partial charge on any atom is -0.480 e. The standard InChI is InChI=1S/C30H36N4O2/c1-34(22-24-12-6-3-7-13-24)29(17-16-23-10-4-2-5-11-23)32-19-18-31-28(30(35)36)20-25-21-33-27-15-9-8-14-26(25)27/h2-15,21,28-29,31-33H,16-20,22H2,1H3,(H,35,36)/t28-,29-/m0/s1. The lowest BCUT2D eigenvalue weighted by atomic mass is 10.1. The van der Waals surface area contributed by atoms with E-state index in [2.05, 4.69) is 76.1 Å². The molecule has 188 valence electrons. The number of carboxylic acids is 1. The molecule has 6 heteroatoms. The van der Waals surface area contributed by atoms with Gasteiger partial charge in [-0.1, -0.05) is 78.9 Å². The van der Waals surface area contributed by atoms with Gasteiger partial charge in [-0.15, -0.1) is 0 Å². The Morgan fingerprint density at radius 1 is 0.889 bits per heavy atom. The quantitative estimate of drug-likeness (QED) is 0.157. The number of hydrogen-bond donors (Lipinski definition) is 4. The molecule has 6 nitrogen and oxygen atoms in total. The zero-order chi connectivity index (χ0) is 25.2. The van der Waals surface area contributed by atoms with Crippen LogP contribution in [0.3, 0.4) is 0 Å². The van der Waals surface area contributed by atoms with Gasteiger partial charge in [-0.2, -0.15) is 0 Å². The van der Waals surface area contributed by atoms with Crippen LogP contribution in [0.25, 0.3) is 10.9 Å².